The zero-order valence-corrected chi connectivity index (χ0v) is 32.4. The molecule has 0 aliphatic heterocycles. The summed E-state index contributed by atoms with van der Waals surface area (Å²) < 4.78 is 70.8. The number of rotatable bonds is 46. The number of unbranched alkanes of at least 4 members (excludes halogenated alkanes) is 5. The van der Waals surface area contributed by atoms with E-state index in [1.807, 2.05) is 0 Å². The molecule has 15 heteroatoms. The summed E-state index contributed by atoms with van der Waals surface area (Å²) in [5.74, 6) is 0.581. The fraction of sp³-hybridized carbons (Fsp3) is 0.972. The van der Waals surface area contributed by atoms with Crippen molar-refractivity contribution in [3.05, 3.63) is 0 Å². The van der Waals surface area contributed by atoms with E-state index in [4.69, 9.17) is 73.2 Å². The maximum Gasteiger partial charge on any atom is 0.305 e. The van der Waals surface area contributed by atoms with E-state index in [1.54, 1.807) is 0 Å². The third-order valence-corrected chi connectivity index (χ3v) is 7.01. The van der Waals surface area contributed by atoms with Crippen molar-refractivity contribution in [1.29, 1.82) is 0 Å². The first-order valence-electron chi connectivity index (χ1n) is 19.0. The molecule has 0 aliphatic rings. The highest BCUT2D eigenvalue weighted by Gasteiger charge is 2.02. The standard InChI is InChI=1S/C36H71ClO14/c1-2-3-6-9-36(38)51-35-34-50-33-32-49-31-30-48-29-28-47-27-26-46-25-24-45-23-22-44-21-20-43-19-18-42-17-16-41-15-14-40-13-12-39-11-8-5-4-7-10-37/h2-35H2,1H3. The molecule has 0 aromatic carbocycles. The summed E-state index contributed by atoms with van der Waals surface area (Å²) in [6, 6.07) is 0. The van der Waals surface area contributed by atoms with Crippen molar-refractivity contribution in [2.24, 2.45) is 0 Å². The number of esters is 1. The average Bonchev–Trinajstić information content (AvgIpc) is 3.13. The van der Waals surface area contributed by atoms with E-state index in [0.29, 0.717) is 158 Å². The lowest BCUT2D eigenvalue weighted by atomic mass is 10.2. The molecule has 0 unspecified atom stereocenters. The minimum absolute atomic E-state index is 0.160. The number of ether oxygens (including phenoxy) is 13. The summed E-state index contributed by atoms with van der Waals surface area (Å²) in [4.78, 5) is 11.5. The number of alkyl halides is 1. The highest BCUT2D eigenvalue weighted by molar-refractivity contribution is 6.17. The lowest BCUT2D eigenvalue weighted by Crippen LogP contribution is -2.15. The second kappa shape index (κ2) is 47.3. The summed E-state index contributed by atoms with van der Waals surface area (Å²) in [5.41, 5.74) is 0. The largest absolute Gasteiger partial charge is 0.463 e. The van der Waals surface area contributed by atoms with Crippen LogP contribution in [0.15, 0.2) is 0 Å². The predicted molar refractivity (Wildman–Crippen MR) is 194 cm³/mol. The molecule has 0 fully saturated rings. The van der Waals surface area contributed by atoms with Gasteiger partial charge in [-0.1, -0.05) is 32.6 Å². The quantitative estimate of drug-likeness (QED) is 0.0500. The lowest BCUT2D eigenvalue weighted by Gasteiger charge is -2.09. The van der Waals surface area contributed by atoms with E-state index in [0.717, 1.165) is 51.0 Å². The summed E-state index contributed by atoms with van der Waals surface area (Å²) >= 11 is 5.66. The summed E-state index contributed by atoms with van der Waals surface area (Å²) in [5, 5.41) is 0. The van der Waals surface area contributed by atoms with Gasteiger partial charge in [-0.3, -0.25) is 4.79 Å². The molecule has 14 nitrogen and oxygen atoms in total. The van der Waals surface area contributed by atoms with Gasteiger partial charge < -0.3 is 61.6 Å². The minimum Gasteiger partial charge on any atom is -0.463 e. The van der Waals surface area contributed by atoms with E-state index in [1.165, 1.54) is 6.42 Å². The van der Waals surface area contributed by atoms with Crippen LogP contribution in [0.2, 0.25) is 0 Å². The van der Waals surface area contributed by atoms with Crippen LogP contribution >= 0.6 is 11.6 Å². The topological polar surface area (TPSA) is 137 Å². The molecule has 0 atom stereocenters. The molecular formula is C36H71ClO14. The molecule has 0 radical (unpaired) electrons. The van der Waals surface area contributed by atoms with E-state index in [-0.39, 0.29) is 12.6 Å². The number of halogens is 1. The van der Waals surface area contributed by atoms with Gasteiger partial charge in [0.2, 0.25) is 0 Å². The van der Waals surface area contributed by atoms with E-state index >= 15 is 0 Å². The normalized spacial score (nSPS) is 11.5. The Morgan fingerprint density at radius 2 is 0.608 bits per heavy atom. The number of hydrogen-bond donors (Lipinski definition) is 0. The minimum atomic E-state index is -0.160. The second-order valence-corrected chi connectivity index (χ2v) is 11.5. The Morgan fingerprint density at radius 1 is 0.333 bits per heavy atom. The fourth-order valence-electron chi connectivity index (χ4n) is 3.98. The molecule has 0 bridgehead atoms. The van der Waals surface area contributed by atoms with Crippen LogP contribution in [0, 0.1) is 0 Å². The van der Waals surface area contributed by atoms with Crippen molar-refractivity contribution < 1.29 is 66.4 Å². The van der Waals surface area contributed by atoms with E-state index in [9.17, 15) is 4.79 Å². The second-order valence-electron chi connectivity index (χ2n) is 11.1. The van der Waals surface area contributed by atoms with Gasteiger partial charge in [0.05, 0.1) is 152 Å². The predicted octanol–water partition coefficient (Wildman–Crippen LogP) is 4.11. The van der Waals surface area contributed by atoms with Crippen LogP contribution in [0.25, 0.3) is 0 Å². The number of hydrogen-bond acceptors (Lipinski definition) is 14. The fourth-order valence-corrected chi connectivity index (χ4v) is 4.17. The maximum atomic E-state index is 11.5. The van der Waals surface area contributed by atoms with Gasteiger partial charge >= 0.3 is 5.97 Å². The van der Waals surface area contributed by atoms with Crippen molar-refractivity contribution in [2.75, 3.05) is 171 Å². The first kappa shape index (κ1) is 50.3. The highest BCUT2D eigenvalue weighted by atomic mass is 35.5. The number of carbonyl (C=O) groups is 1. The summed E-state index contributed by atoms with van der Waals surface area (Å²) in [6.45, 7) is 14.8. The highest BCUT2D eigenvalue weighted by Crippen LogP contribution is 2.01. The van der Waals surface area contributed by atoms with Gasteiger partial charge in [0.1, 0.15) is 6.61 Å². The smallest absolute Gasteiger partial charge is 0.305 e. The molecule has 0 aromatic heterocycles. The Kier molecular flexibility index (Phi) is 46.6. The molecule has 0 aliphatic carbocycles. The van der Waals surface area contributed by atoms with Crippen molar-refractivity contribution in [3.63, 3.8) is 0 Å². The van der Waals surface area contributed by atoms with Crippen LogP contribution in [-0.4, -0.2) is 177 Å². The van der Waals surface area contributed by atoms with Crippen LogP contribution < -0.4 is 0 Å². The van der Waals surface area contributed by atoms with Crippen LogP contribution in [-0.2, 0) is 66.4 Å². The molecular weight excluding hydrogens is 692 g/mol. The van der Waals surface area contributed by atoms with Crippen LogP contribution in [0.3, 0.4) is 0 Å². The lowest BCUT2D eigenvalue weighted by molar-refractivity contribution is -0.145. The van der Waals surface area contributed by atoms with Gasteiger partial charge in [-0.25, -0.2) is 0 Å². The van der Waals surface area contributed by atoms with Gasteiger partial charge in [0.15, 0.2) is 0 Å². The Labute approximate surface area is 312 Å². The molecule has 0 rings (SSSR count). The van der Waals surface area contributed by atoms with Gasteiger partial charge in [-0.2, -0.15) is 0 Å². The maximum absolute atomic E-state index is 11.5. The zero-order valence-electron chi connectivity index (χ0n) is 31.6. The number of carbonyl (C=O) groups excluding carboxylic acids is 1. The summed E-state index contributed by atoms with van der Waals surface area (Å²) in [6.07, 6.45) is 7.98. The Morgan fingerprint density at radius 3 is 0.902 bits per heavy atom. The van der Waals surface area contributed by atoms with Crippen molar-refractivity contribution in [2.45, 2.75) is 58.3 Å². The van der Waals surface area contributed by atoms with Gasteiger partial charge in [-0.05, 0) is 19.3 Å². The molecule has 51 heavy (non-hydrogen) atoms. The molecule has 0 N–H and O–H groups in total. The Balaban J connectivity index is 3.07. The zero-order chi connectivity index (χ0) is 36.8. The molecule has 0 aromatic rings. The average molecular weight is 763 g/mol. The molecule has 0 amide bonds. The monoisotopic (exact) mass is 762 g/mol. The SMILES string of the molecule is CCCCCC(=O)OCCOCCOCCOCCOCCOCCOCCOCCOCCOCCOCCOCCOCCCCCCCl. The molecule has 0 saturated heterocycles. The van der Waals surface area contributed by atoms with Crippen LogP contribution in [0.5, 0.6) is 0 Å². The molecule has 306 valence electrons. The van der Waals surface area contributed by atoms with Gasteiger partial charge in [-0.15, -0.1) is 11.6 Å². The van der Waals surface area contributed by atoms with Crippen molar-refractivity contribution in [1.82, 2.24) is 0 Å². The molecule has 0 spiro atoms. The van der Waals surface area contributed by atoms with Crippen molar-refractivity contribution in [3.8, 4) is 0 Å². The van der Waals surface area contributed by atoms with E-state index < -0.39 is 0 Å². The molecule has 0 heterocycles. The van der Waals surface area contributed by atoms with Crippen molar-refractivity contribution >= 4 is 17.6 Å². The van der Waals surface area contributed by atoms with Gasteiger partial charge in [0.25, 0.3) is 0 Å². The summed E-state index contributed by atoms with van der Waals surface area (Å²) in [7, 11) is 0. The first-order chi connectivity index (χ1) is 25.3. The molecule has 0 saturated carbocycles. The third kappa shape index (κ3) is 47.3. The van der Waals surface area contributed by atoms with Crippen LogP contribution in [0.4, 0.5) is 0 Å². The third-order valence-electron chi connectivity index (χ3n) is 6.74. The first-order valence-corrected chi connectivity index (χ1v) is 19.5. The van der Waals surface area contributed by atoms with Crippen LogP contribution in [0.1, 0.15) is 58.3 Å². The van der Waals surface area contributed by atoms with Gasteiger partial charge in [0, 0.05) is 18.9 Å². The Bertz CT molecular complexity index is 653. The van der Waals surface area contributed by atoms with E-state index in [2.05, 4.69) is 6.92 Å². The Hall–Kier alpha value is -0.720.